The fraction of sp³-hybridized carbons (Fsp3) is 0.158. The number of nitrogens with zero attached hydrogens (tertiary/aromatic N) is 1. The van der Waals surface area contributed by atoms with Gasteiger partial charge in [-0.05, 0) is 55.3 Å². The largest absolute Gasteiger partial charge is 0.307 e. The van der Waals surface area contributed by atoms with Crippen LogP contribution < -0.4 is 10.0 Å². The standard InChI is InChI=1S/C19H17N3O3S/c23-19(21-18-12-7-13-3-1-2-4-17(13)20-18)14-5-10-16(11-6-14)26(24,25)22-15-8-9-15/h1-7,10-12,15,22H,8-9H2,(H,20,21,23). The maximum Gasteiger partial charge on any atom is 0.256 e. The summed E-state index contributed by atoms with van der Waals surface area (Å²) in [4.78, 5) is 16.9. The molecule has 1 amide bonds. The summed E-state index contributed by atoms with van der Waals surface area (Å²) in [5.74, 6) is 0.104. The number of carbonyl (C=O) groups excluding carboxylic acids is 1. The van der Waals surface area contributed by atoms with E-state index in [1.807, 2.05) is 30.3 Å². The molecule has 1 aliphatic carbocycles. The van der Waals surface area contributed by atoms with Crippen molar-refractivity contribution in [3.8, 4) is 0 Å². The number of hydrogen-bond acceptors (Lipinski definition) is 4. The van der Waals surface area contributed by atoms with Crippen LogP contribution in [0.25, 0.3) is 10.9 Å². The summed E-state index contributed by atoms with van der Waals surface area (Å²) in [5, 5.41) is 3.72. The first kappa shape index (κ1) is 16.7. The second kappa shape index (κ2) is 6.51. The molecule has 1 aliphatic rings. The Labute approximate surface area is 151 Å². The fourth-order valence-electron chi connectivity index (χ4n) is 2.60. The summed E-state index contributed by atoms with van der Waals surface area (Å²) in [6, 6.07) is 17.2. The molecule has 0 atom stereocenters. The van der Waals surface area contributed by atoms with E-state index in [2.05, 4.69) is 15.0 Å². The number of rotatable bonds is 5. The molecule has 2 N–H and O–H groups in total. The number of para-hydroxylation sites is 1. The average Bonchev–Trinajstić information content (AvgIpc) is 3.45. The minimum absolute atomic E-state index is 0.0435. The van der Waals surface area contributed by atoms with Crippen molar-refractivity contribution in [2.45, 2.75) is 23.8 Å². The second-order valence-electron chi connectivity index (χ2n) is 6.26. The van der Waals surface area contributed by atoms with Gasteiger partial charge in [-0.1, -0.05) is 18.2 Å². The Bertz CT molecular complexity index is 1070. The minimum Gasteiger partial charge on any atom is -0.307 e. The Morgan fingerprint density at radius 2 is 1.69 bits per heavy atom. The highest BCUT2D eigenvalue weighted by molar-refractivity contribution is 7.89. The molecule has 1 heterocycles. The summed E-state index contributed by atoms with van der Waals surface area (Å²) in [7, 11) is -3.52. The van der Waals surface area contributed by atoms with Crippen LogP contribution in [-0.2, 0) is 10.0 Å². The van der Waals surface area contributed by atoms with E-state index in [9.17, 15) is 13.2 Å². The molecule has 4 rings (SSSR count). The topological polar surface area (TPSA) is 88.2 Å². The number of sulfonamides is 1. The maximum absolute atomic E-state index is 12.4. The molecule has 2 aromatic carbocycles. The van der Waals surface area contributed by atoms with Crippen molar-refractivity contribution in [2.24, 2.45) is 0 Å². The summed E-state index contributed by atoms with van der Waals surface area (Å²) >= 11 is 0. The summed E-state index contributed by atoms with van der Waals surface area (Å²) in [5.41, 5.74) is 1.16. The van der Waals surface area contributed by atoms with Gasteiger partial charge in [0.25, 0.3) is 5.91 Å². The first-order valence-electron chi connectivity index (χ1n) is 8.31. The van der Waals surface area contributed by atoms with Crippen molar-refractivity contribution in [2.75, 3.05) is 5.32 Å². The van der Waals surface area contributed by atoms with E-state index in [0.29, 0.717) is 11.4 Å². The molecule has 1 saturated carbocycles. The predicted molar refractivity (Wildman–Crippen MR) is 99.5 cm³/mol. The van der Waals surface area contributed by atoms with Gasteiger partial charge in [0.05, 0.1) is 10.4 Å². The number of carbonyl (C=O) groups is 1. The lowest BCUT2D eigenvalue weighted by molar-refractivity contribution is 0.102. The molecular weight excluding hydrogens is 350 g/mol. The van der Waals surface area contributed by atoms with Crippen LogP contribution in [0.5, 0.6) is 0 Å². The molecule has 3 aromatic rings. The third-order valence-corrected chi connectivity index (χ3v) is 5.70. The van der Waals surface area contributed by atoms with Gasteiger partial charge in [0.2, 0.25) is 10.0 Å². The molecule has 132 valence electrons. The van der Waals surface area contributed by atoms with Crippen molar-refractivity contribution in [3.63, 3.8) is 0 Å². The van der Waals surface area contributed by atoms with Gasteiger partial charge < -0.3 is 5.32 Å². The van der Waals surface area contributed by atoms with Crippen LogP contribution in [-0.4, -0.2) is 25.4 Å². The molecule has 0 spiro atoms. The maximum atomic E-state index is 12.4. The molecule has 7 heteroatoms. The van der Waals surface area contributed by atoms with Crippen molar-refractivity contribution in [1.82, 2.24) is 9.71 Å². The minimum atomic E-state index is -3.52. The molecule has 0 bridgehead atoms. The zero-order valence-electron chi connectivity index (χ0n) is 13.8. The number of fused-ring (bicyclic) bond motifs is 1. The van der Waals surface area contributed by atoms with E-state index in [0.717, 1.165) is 23.7 Å². The number of nitrogens with one attached hydrogen (secondary N) is 2. The van der Waals surface area contributed by atoms with Crippen LogP contribution in [0.4, 0.5) is 5.82 Å². The van der Waals surface area contributed by atoms with Crippen LogP contribution in [0.2, 0.25) is 0 Å². The number of amides is 1. The van der Waals surface area contributed by atoms with Gasteiger partial charge >= 0.3 is 0 Å². The highest BCUT2D eigenvalue weighted by atomic mass is 32.2. The first-order valence-corrected chi connectivity index (χ1v) is 9.79. The van der Waals surface area contributed by atoms with Gasteiger partial charge in [0.15, 0.2) is 0 Å². The normalized spacial score (nSPS) is 14.3. The first-order chi connectivity index (χ1) is 12.5. The zero-order valence-corrected chi connectivity index (χ0v) is 14.7. The van der Waals surface area contributed by atoms with E-state index < -0.39 is 10.0 Å². The van der Waals surface area contributed by atoms with Crippen molar-refractivity contribution >= 4 is 32.7 Å². The van der Waals surface area contributed by atoms with Crippen LogP contribution in [0.3, 0.4) is 0 Å². The van der Waals surface area contributed by atoms with Crippen LogP contribution in [0.1, 0.15) is 23.2 Å². The highest BCUT2D eigenvalue weighted by Crippen LogP contribution is 2.22. The molecular formula is C19H17N3O3S. The van der Waals surface area contributed by atoms with Crippen molar-refractivity contribution < 1.29 is 13.2 Å². The Hall–Kier alpha value is -2.77. The molecule has 0 radical (unpaired) electrons. The molecule has 0 aliphatic heterocycles. The number of pyridine rings is 1. The number of aromatic nitrogens is 1. The van der Waals surface area contributed by atoms with Crippen LogP contribution >= 0.6 is 0 Å². The Morgan fingerprint density at radius 1 is 0.962 bits per heavy atom. The van der Waals surface area contributed by atoms with E-state index in [1.54, 1.807) is 6.07 Å². The lowest BCUT2D eigenvalue weighted by atomic mass is 10.2. The number of hydrogen-bond donors (Lipinski definition) is 2. The lowest BCUT2D eigenvalue weighted by Crippen LogP contribution is -2.25. The lowest BCUT2D eigenvalue weighted by Gasteiger charge is -2.08. The quantitative estimate of drug-likeness (QED) is 0.726. The number of anilines is 1. The van der Waals surface area contributed by atoms with Gasteiger partial charge in [0.1, 0.15) is 5.82 Å². The van der Waals surface area contributed by atoms with Crippen molar-refractivity contribution in [3.05, 3.63) is 66.2 Å². The number of benzene rings is 2. The Balaban J connectivity index is 1.50. The van der Waals surface area contributed by atoms with E-state index in [1.165, 1.54) is 24.3 Å². The summed E-state index contributed by atoms with van der Waals surface area (Å²) < 4.78 is 26.9. The van der Waals surface area contributed by atoms with Gasteiger partial charge in [-0.15, -0.1) is 0 Å². The van der Waals surface area contributed by atoms with Crippen LogP contribution in [0, 0.1) is 0 Å². The Morgan fingerprint density at radius 3 is 2.42 bits per heavy atom. The van der Waals surface area contributed by atoms with Gasteiger partial charge in [-0.2, -0.15) is 0 Å². The fourth-order valence-corrected chi connectivity index (χ4v) is 3.90. The third-order valence-electron chi connectivity index (χ3n) is 4.17. The zero-order chi connectivity index (χ0) is 18.1. The molecule has 0 unspecified atom stereocenters. The van der Waals surface area contributed by atoms with Gasteiger partial charge in [0, 0.05) is 17.0 Å². The summed E-state index contributed by atoms with van der Waals surface area (Å²) in [6.45, 7) is 0. The van der Waals surface area contributed by atoms with Crippen LogP contribution in [0.15, 0.2) is 65.6 Å². The Kier molecular flexibility index (Phi) is 4.18. The van der Waals surface area contributed by atoms with Gasteiger partial charge in [-0.3, -0.25) is 4.79 Å². The van der Waals surface area contributed by atoms with Gasteiger partial charge in [-0.25, -0.2) is 18.1 Å². The predicted octanol–water partition coefficient (Wildman–Crippen LogP) is 2.93. The SMILES string of the molecule is O=C(Nc1ccc2ccccc2n1)c1ccc(S(=O)(=O)NC2CC2)cc1. The molecule has 6 nitrogen and oxygen atoms in total. The van der Waals surface area contributed by atoms with E-state index in [4.69, 9.17) is 0 Å². The molecule has 1 fully saturated rings. The smallest absolute Gasteiger partial charge is 0.256 e. The third kappa shape index (κ3) is 3.58. The second-order valence-corrected chi connectivity index (χ2v) is 7.98. The van der Waals surface area contributed by atoms with E-state index >= 15 is 0 Å². The highest BCUT2D eigenvalue weighted by Gasteiger charge is 2.27. The monoisotopic (exact) mass is 367 g/mol. The molecule has 26 heavy (non-hydrogen) atoms. The summed E-state index contributed by atoms with van der Waals surface area (Å²) in [6.07, 6.45) is 1.75. The molecule has 0 saturated heterocycles. The van der Waals surface area contributed by atoms with E-state index in [-0.39, 0.29) is 16.8 Å². The average molecular weight is 367 g/mol. The molecule has 1 aromatic heterocycles. The van der Waals surface area contributed by atoms with Crippen molar-refractivity contribution in [1.29, 1.82) is 0 Å².